The molecule has 12 heteroatoms. The van der Waals surface area contributed by atoms with E-state index in [4.69, 9.17) is 20.0 Å². The van der Waals surface area contributed by atoms with Gasteiger partial charge < -0.3 is 19.5 Å². The third-order valence-corrected chi connectivity index (χ3v) is 6.05. The van der Waals surface area contributed by atoms with E-state index in [1.54, 1.807) is 55.6 Å². The zero-order valence-corrected chi connectivity index (χ0v) is 23.4. The average Bonchev–Trinajstić information content (AvgIpc) is 2.98. The normalized spacial score (nSPS) is 11.0. The van der Waals surface area contributed by atoms with Crippen LogP contribution in [0.3, 0.4) is 0 Å². The van der Waals surface area contributed by atoms with E-state index < -0.39 is 5.91 Å². The van der Waals surface area contributed by atoms with E-state index in [9.17, 15) is 9.90 Å². The second kappa shape index (κ2) is 14.9. The number of amidine groups is 1. The number of phenols is 1. The van der Waals surface area contributed by atoms with E-state index in [2.05, 4.69) is 48.8 Å². The number of ether oxygens (including phenoxy) is 2. The van der Waals surface area contributed by atoms with Gasteiger partial charge in [0.1, 0.15) is 17.2 Å². The molecule has 0 heterocycles. The van der Waals surface area contributed by atoms with Crippen LogP contribution in [-0.4, -0.2) is 44.2 Å². The SMILES string of the molecule is COc1cccc(N=NC(=NNC(=O)c2cc(Br)ccc2O)c2ccc(N(CCC#N)CCC#N)cc2OC)c1. The van der Waals surface area contributed by atoms with Crippen LogP contribution in [0.4, 0.5) is 11.4 Å². The summed E-state index contributed by atoms with van der Waals surface area (Å²) in [5, 5.41) is 41.0. The van der Waals surface area contributed by atoms with Crippen LogP contribution >= 0.6 is 15.9 Å². The van der Waals surface area contributed by atoms with E-state index in [1.807, 2.05) is 4.90 Å². The van der Waals surface area contributed by atoms with E-state index in [1.165, 1.54) is 19.2 Å². The molecule has 0 aliphatic rings. The van der Waals surface area contributed by atoms with Crippen molar-refractivity contribution in [1.82, 2.24) is 5.43 Å². The van der Waals surface area contributed by atoms with Gasteiger partial charge in [-0.2, -0.15) is 10.5 Å². The van der Waals surface area contributed by atoms with Gasteiger partial charge in [0.2, 0.25) is 5.84 Å². The van der Waals surface area contributed by atoms with Crippen LogP contribution < -0.4 is 19.8 Å². The Morgan fingerprint density at radius 3 is 2.42 bits per heavy atom. The van der Waals surface area contributed by atoms with Crippen LogP contribution in [0, 0.1) is 22.7 Å². The number of benzene rings is 3. The number of amides is 1. The zero-order chi connectivity index (χ0) is 28.9. The van der Waals surface area contributed by atoms with E-state index in [0.717, 1.165) is 5.69 Å². The first-order valence-corrected chi connectivity index (χ1v) is 12.8. The van der Waals surface area contributed by atoms with Crippen molar-refractivity contribution in [2.45, 2.75) is 12.8 Å². The average molecular weight is 604 g/mol. The third kappa shape index (κ3) is 8.03. The molecule has 0 fully saturated rings. The summed E-state index contributed by atoms with van der Waals surface area (Å²) in [4.78, 5) is 14.7. The van der Waals surface area contributed by atoms with Gasteiger partial charge in [0.25, 0.3) is 5.91 Å². The number of hydrogen-bond acceptors (Lipinski definition) is 9. The molecule has 0 aliphatic carbocycles. The van der Waals surface area contributed by atoms with Crippen molar-refractivity contribution in [1.29, 1.82) is 10.5 Å². The molecule has 11 nitrogen and oxygen atoms in total. The van der Waals surface area contributed by atoms with Gasteiger partial charge in [-0.05, 0) is 42.5 Å². The highest BCUT2D eigenvalue weighted by molar-refractivity contribution is 9.10. The minimum Gasteiger partial charge on any atom is -0.507 e. The number of phenolic OH excluding ortho intramolecular Hbond substituents is 1. The fraction of sp³-hybridized carbons (Fsp3) is 0.214. The number of hydrogen-bond donors (Lipinski definition) is 2. The lowest BCUT2D eigenvalue weighted by Gasteiger charge is -2.23. The Bertz CT molecular complexity index is 1480. The number of rotatable bonds is 11. The lowest BCUT2D eigenvalue weighted by molar-refractivity contribution is 0.0952. The molecule has 0 unspecified atom stereocenters. The first kappa shape index (κ1) is 29.6. The molecule has 0 saturated heterocycles. The Hall–Kier alpha value is -4.94. The molecular formula is C28H26BrN7O4. The molecule has 0 aromatic heterocycles. The summed E-state index contributed by atoms with van der Waals surface area (Å²) in [5.74, 6) is 0.106. The minimum absolute atomic E-state index is 0.00940. The Morgan fingerprint density at radius 1 is 1.00 bits per heavy atom. The Labute approximate surface area is 240 Å². The summed E-state index contributed by atoms with van der Waals surface area (Å²) in [6.45, 7) is 0.868. The van der Waals surface area contributed by atoms with Crippen LogP contribution in [0.5, 0.6) is 17.2 Å². The Morgan fingerprint density at radius 2 is 1.75 bits per heavy atom. The van der Waals surface area contributed by atoms with E-state index >= 15 is 0 Å². The number of carbonyl (C=O) groups excluding carboxylic acids is 1. The summed E-state index contributed by atoms with van der Waals surface area (Å²) in [7, 11) is 3.02. The summed E-state index contributed by atoms with van der Waals surface area (Å²) >= 11 is 3.29. The van der Waals surface area contributed by atoms with Crippen molar-refractivity contribution in [3.8, 4) is 29.4 Å². The van der Waals surface area contributed by atoms with Crippen molar-refractivity contribution < 1.29 is 19.4 Å². The largest absolute Gasteiger partial charge is 0.507 e. The maximum atomic E-state index is 12.8. The fourth-order valence-electron chi connectivity index (χ4n) is 3.57. The van der Waals surface area contributed by atoms with Gasteiger partial charge in [-0.3, -0.25) is 4.79 Å². The summed E-state index contributed by atoms with van der Waals surface area (Å²) < 4.78 is 11.5. The first-order valence-electron chi connectivity index (χ1n) is 12.0. The summed E-state index contributed by atoms with van der Waals surface area (Å²) in [6.07, 6.45) is 0.566. The smallest absolute Gasteiger partial charge is 0.275 e. The number of nitrogens with zero attached hydrogens (tertiary/aromatic N) is 6. The van der Waals surface area contributed by atoms with Crippen molar-refractivity contribution in [3.63, 3.8) is 0 Å². The molecule has 0 bridgehead atoms. The molecule has 3 aromatic carbocycles. The second-order valence-electron chi connectivity index (χ2n) is 8.13. The Balaban J connectivity index is 2.03. The standard InChI is InChI=1S/C28H26BrN7O4/c1-39-22-7-3-6-20(17-22)32-33-27(34-35-28(38)24-16-19(29)8-11-25(24)37)23-10-9-21(18-26(23)40-2)36(14-4-12-30)15-5-13-31/h3,6-11,16-18,37H,4-5,14-15H2,1-2H3,(H,35,38). The van der Waals surface area contributed by atoms with Gasteiger partial charge in [0.15, 0.2) is 0 Å². The van der Waals surface area contributed by atoms with Crippen LogP contribution in [0.2, 0.25) is 0 Å². The molecule has 2 N–H and O–H groups in total. The van der Waals surface area contributed by atoms with Crippen molar-refractivity contribution >= 4 is 39.0 Å². The maximum Gasteiger partial charge on any atom is 0.275 e. The zero-order valence-electron chi connectivity index (χ0n) is 21.8. The van der Waals surface area contributed by atoms with Gasteiger partial charge in [-0.25, -0.2) is 5.43 Å². The molecular weight excluding hydrogens is 578 g/mol. The van der Waals surface area contributed by atoms with Gasteiger partial charge in [-0.1, -0.05) is 22.0 Å². The van der Waals surface area contributed by atoms with E-state index in [0.29, 0.717) is 40.3 Å². The Kier molecular flexibility index (Phi) is 11.0. The third-order valence-electron chi connectivity index (χ3n) is 5.56. The molecule has 0 aliphatic heterocycles. The van der Waals surface area contributed by atoms with Crippen molar-refractivity contribution in [3.05, 3.63) is 76.3 Å². The van der Waals surface area contributed by atoms with Crippen molar-refractivity contribution in [2.24, 2.45) is 15.3 Å². The highest BCUT2D eigenvalue weighted by atomic mass is 79.9. The molecule has 0 saturated carbocycles. The van der Waals surface area contributed by atoms with Gasteiger partial charge >= 0.3 is 0 Å². The van der Waals surface area contributed by atoms with Crippen LogP contribution in [0.1, 0.15) is 28.8 Å². The second-order valence-corrected chi connectivity index (χ2v) is 9.04. The number of halogens is 1. The molecule has 40 heavy (non-hydrogen) atoms. The monoisotopic (exact) mass is 603 g/mol. The van der Waals surface area contributed by atoms with Gasteiger partial charge in [0.05, 0.1) is 56.0 Å². The van der Waals surface area contributed by atoms with Crippen LogP contribution in [0.25, 0.3) is 0 Å². The molecule has 0 radical (unpaired) electrons. The number of carbonyl (C=O) groups is 1. The number of hydrazone groups is 1. The van der Waals surface area contributed by atoms with Crippen LogP contribution in [-0.2, 0) is 0 Å². The first-order chi connectivity index (χ1) is 19.4. The van der Waals surface area contributed by atoms with Crippen molar-refractivity contribution in [2.75, 3.05) is 32.2 Å². The summed E-state index contributed by atoms with van der Waals surface area (Å²) in [5.41, 5.74) is 4.06. The lowest BCUT2D eigenvalue weighted by Crippen LogP contribution is -2.25. The molecule has 0 atom stereocenters. The number of methoxy groups -OCH3 is 2. The lowest BCUT2D eigenvalue weighted by atomic mass is 10.1. The predicted molar refractivity (Wildman–Crippen MR) is 153 cm³/mol. The predicted octanol–water partition coefficient (Wildman–Crippen LogP) is 5.68. The molecule has 204 valence electrons. The quantitative estimate of drug-likeness (QED) is 0.123. The fourth-order valence-corrected chi connectivity index (χ4v) is 3.93. The van der Waals surface area contributed by atoms with Crippen LogP contribution in [0.15, 0.2) is 80.5 Å². The molecule has 1 amide bonds. The molecule has 3 aromatic rings. The van der Waals surface area contributed by atoms with E-state index in [-0.39, 0.29) is 30.0 Å². The number of anilines is 1. The number of azo groups is 1. The number of nitrogens with one attached hydrogen (secondary N) is 1. The molecule has 0 spiro atoms. The highest BCUT2D eigenvalue weighted by Gasteiger charge is 2.17. The summed E-state index contributed by atoms with van der Waals surface area (Å²) in [6, 6.07) is 20.8. The maximum absolute atomic E-state index is 12.8. The number of aromatic hydroxyl groups is 1. The topological polar surface area (TPSA) is 156 Å². The minimum atomic E-state index is -0.664. The van der Waals surface area contributed by atoms with Gasteiger partial charge in [-0.15, -0.1) is 15.3 Å². The molecule has 3 rings (SSSR count). The number of nitriles is 2. The van der Waals surface area contributed by atoms with Gasteiger partial charge in [0, 0.05) is 35.4 Å². The highest BCUT2D eigenvalue weighted by Crippen LogP contribution is 2.28.